The van der Waals surface area contributed by atoms with Crippen LogP contribution >= 0.6 is 11.8 Å². The van der Waals surface area contributed by atoms with Crippen molar-refractivity contribution < 1.29 is 24.2 Å². The molecular weight excluding hydrogens is 318 g/mol. The van der Waals surface area contributed by atoms with Crippen LogP contribution in [0.25, 0.3) is 0 Å². The number of rotatable bonds is 6. The van der Waals surface area contributed by atoms with E-state index >= 15 is 0 Å². The molecule has 6 nitrogen and oxygen atoms in total. The van der Waals surface area contributed by atoms with Crippen LogP contribution in [0, 0.1) is 0 Å². The Bertz CT molecular complexity index is 596. The van der Waals surface area contributed by atoms with Crippen molar-refractivity contribution in [3.8, 4) is 11.5 Å². The second kappa shape index (κ2) is 7.12. The van der Waals surface area contributed by atoms with Gasteiger partial charge in [0.2, 0.25) is 0 Å². The molecule has 2 rings (SSSR count). The van der Waals surface area contributed by atoms with Crippen LogP contribution in [-0.4, -0.2) is 47.2 Å². The van der Waals surface area contributed by atoms with Crippen molar-refractivity contribution in [2.75, 3.05) is 18.6 Å². The Morgan fingerprint density at radius 1 is 1.35 bits per heavy atom. The molecule has 0 saturated carbocycles. The average molecular weight is 339 g/mol. The maximum atomic E-state index is 12.4. The number of methoxy groups -OCH3 is 1. The molecule has 1 fully saturated rings. The average Bonchev–Trinajstić information content (AvgIpc) is 2.96. The first-order valence-electron chi connectivity index (χ1n) is 7.36. The SMILES string of the molecule is COc1cc(C(=O)NC2(C(=O)O)CCSC2)ccc1OC(C)C. The second-order valence-corrected chi connectivity index (χ2v) is 6.78. The van der Waals surface area contributed by atoms with Gasteiger partial charge >= 0.3 is 5.97 Å². The molecule has 0 spiro atoms. The highest BCUT2D eigenvalue weighted by molar-refractivity contribution is 7.99. The zero-order valence-corrected chi connectivity index (χ0v) is 14.2. The van der Waals surface area contributed by atoms with Crippen LogP contribution in [0.3, 0.4) is 0 Å². The minimum Gasteiger partial charge on any atom is -0.493 e. The van der Waals surface area contributed by atoms with Crippen molar-refractivity contribution in [3.05, 3.63) is 23.8 Å². The van der Waals surface area contributed by atoms with Crippen molar-refractivity contribution in [1.29, 1.82) is 0 Å². The number of hydrogen-bond donors (Lipinski definition) is 2. The number of benzene rings is 1. The highest BCUT2D eigenvalue weighted by atomic mass is 32.2. The first-order chi connectivity index (χ1) is 10.9. The molecule has 1 atom stereocenters. The molecule has 1 aromatic rings. The quantitative estimate of drug-likeness (QED) is 0.826. The molecule has 7 heteroatoms. The number of amides is 1. The fourth-order valence-corrected chi connectivity index (χ4v) is 3.66. The lowest BCUT2D eigenvalue weighted by Gasteiger charge is -2.24. The molecule has 126 valence electrons. The minimum absolute atomic E-state index is 0.0191. The Morgan fingerprint density at radius 2 is 2.09 bits per heavy atom. The van der Waals surface area contributed by atoms with Gasteiger partial charge in [0.1, 0.15) is 5.54 Å². The topological polar surface area (TPSA) is 84.9 Å². The van der Waals surface area contributed by atoms with E-state index in [0.29, 0.717) is 29.2 Å². The van der Waals surface area contributed by atoms with Gasteiger partial charge in [-0.25, -0.2) is 4.79 Å². The Morgan fingerprint density at radius 3 is 2.61 bits per heavy atom. The Labute approximate surface area is 139 Å². The molecule has 2 N–H and O–H groups in total. The molecule has 1 amide bonds. The maximum Gasteiger partial charge on any atom is 0.330 e. The zero-order chi connectivity index (χ0) is 17.0. The predicted octanol–water partition coefficient (Wildman–Crippen LogP) is 2.17. The molecule has 1 aliphatic heterocycles. The third kappa shape index (κ3) is 3.90. The predicted molar refractivity (Wildman–Crippen MR) is 88.5 cm³/mol. The molecule has 23 heavy (non-hydrogen) atoms. The van der Waals surface area contributed by atoms with E-state index in [1.54, 1.807) is 18.2 Å². The van der Waals surface area contributed by atoms with Gasteiger partial charge in [-0.1, -0.05) is 0 Å². The van der Waals surface area contributed by atoms with E-state index in [-0.39, 0.29) is 6.10 Å². The monoisotopic (exact) mass is 339 g/mol. The first-order valence-corrected chi connectivity index (χ1v) is 8.52. The van der Waals surface area contributed by atoms with E-state index in [1.807, 2.05) is 13.8 Å². The first kappa shape index (κ1) is 17.5. The van der Waals surface area contributed by atoms with E-state index in [9.17, 15) is 14.7 Å². The van der Waals surface area contributed by atoms with Crippen LogP contribution in [0.4, 0.5) is 0 Å². The number of nitrogens with one attached hydrogen (secondary N) is 1. The van der Waals surface area contributed by atoms with Crippen molar-refractivity contribution in [3.63, 3.8) is 0 Å². The summed E-state index contributed by atoms with van der Waals surface area (Å²) in [6.45, 7) is 3.79. The zero-order valence-electron chi connectivity index (χ0n) is 13.4. The van der Waals surface area contributed by atoms with Gasteiger partial charge in [-0.15, -0.1) is 0 Å². The molecule has 1 aliphatic rings. The van der Waals surface area contributed by atoms with Crippen molar-refractivity contribution in [1.82, 2.24) is 5.32 Å². The van der Waals surface area contributed by atoms with Gasteiger partial charge < -0.3 is 19.9 Å². The van der Waals surface area contributed by atoms with Crippen LogP contribution in [0.15, 0.2) is 18.2 Å². The number of carbonyl (C=O) groups excluding carboxylic acids is 1. The van der Waals surface area contributed by atoms with Gasteiger partial charge in [0.25, 0.3) is 5.91 Å². The van der Waals surface area contributed by atoms with Crippen LogP contribution in [0.5, 0.6) is 11.5 Å². The summed E-state index contributed by atoms with van der Waals surface area (Å²) in [6, 6.07) is 4.82. The molecule has 1 unspecified atom stereocenters. The number of carbonyl (C=O) groups is 2. The number of aliphatic carboxylic acids is 1. The molecule has 0 aromatic heterocycles. The normalized spacial score (nSPS) is 20.3. The number of carboxylic acid groups (broad SMARTS) is 1. The summed E-state index contributed by atoms with van der Waals surface area (Å²) < 4.78 is 10.9. The fourth-order valence-electron chi connectivity index (χ4n) is 2.34. The highest BCUT2D eigenvalue weighted by Gasteiger charge is 2.43. The number of carboxylic acids is 1. The van der Waals surface area contributed by atoms with Crippen LogP contribution in [0.2, 0.25) is 0 Å². The maximum absolute atomic E-state index is 12.4. The highest BCUT2D eigenvalue weighted by Crippen LogP contribution is 2.31. The lowest BCUT2D eigenvalue weighted by atomic mass is 9.98. The molecule has 0 bridgehead atoms. The Balaban J connectivity index is 2.20. The number of thioether (sulfide) groups is 1. The Kier molecular flexibility index (Phi) is 5.41. The van der Waals surface area contributed by atoms with Gasteiger partial charge in [-0.05, 0) is 44.2 Å². The smallest absolute Gasteiger partial charge is 0.330 e. The van der Waals surface area contributed by atoms with Crippen molar-refractivity contribution >= 4 is 23.6 Å². The number of ether oxygens (including phenoxy) is 2. The summed E-state index contributed by atoms with van der Waals surface area (Å²) in [5.74, 6) is 0.656. The molecule has 1 heterocycles. The van der Waals surface area contributed by atoms with Gasteiger partial charge in [0, 0.05) is 11.3 Å². The third-order valence-corrected chi connectivity index (χ3v) is 4.76. The van der Waals surface area contributed by atoms with Gasteiger partial charge in [0.05, 0.1) is 13.2 Å². The summed E-state index contributed by atoms with van der Waals surface area (Å²) in [5, 5.41) is 12.1. The van der Waals surface area contributed by atoms with Gasteiger partial charge in [0.15, 0.2) is 11.5 Å². The third-order valence-electron chi connectivity index (χ3n) is 3.57. The second-order valence-electron chi connectivity index (χ2n) is 5.68. The number of hydrogen-bond acceptors (Lipinski definition) is 5. The molecule has 0 radical (unpaired) electrons. The summed E-state index contributed by atoms with van der Waals surface area (Å²) in [6.07, 6.45) is 0.402. The van der Waals surface area contributed by atoms with E-state index in [0.717, 1.165) is 5.75 Å². The van der Waals surface area contributed by atoms with Crippen LogP contribution < -0.4 is 14.8 Å². The van der Waals surface area contributed by atoms with E-state index in [1.165, 1.54) is 18.9 Å². The van der Waals surface area contributed by atoms with Gasteiger partial charge in [-0.3, -0.25) is 4.79 Å². The lowest BCUT2D eigenvalue weighted by Crippen LogP contribution is -2.54. The Hall–Kier alpha value is -1.89. The lowest BCUT2D eigenvalue weighted by molar-refractivity contribution is -0.143. The molecule has 1 aromatic carbocycles. The van der Waals surface area contributed by atoms with Crippen LogP contribution in [-0.2, 0) is 4.79 Å². The summed E-state index contributed by atoms with van der Waals surface area (Å²) in [5.41, 5.74) is -0.849. The fraction of sp³-hybridized carbons (Fsp3) is 0.500. The summed E-state index contributed by atoms with van der Waals surface area (Å²) in [7, 11) is 1.50. The van der Waals surface area contributed by atoms with E-state index in [2.05, 4.69) is 5.32 Å². The minimum atomic E-state index is -1.19. The van der Waals surface area contributed by atoms with Crippen molar-refractivity contribution in [2.24, 2.45) is 0 Å². The van der Waals surface area contributed by atoms with Crippen LogP contribution in [0.1, 0.15) is 30.6 Å². The largest absolute Gasteiger partial charge is 0.493 e. The molecular formula is C16H21NO5S. The standard InChI is InChI=1S/C16H21NO5S/c1-10(2)22-12-5-4-11(8-13(12)21-3)14(18)17-16(15(19)20)6-7-23-9-16/h4-5,8,10H,6-7,9H2,1-3H3,(H,17,18)(H,19,20). The van der Waals surface area contributed by atoms with Gasteiger partial charge in [-0.2, -0.15) is 11.8 Å². The van der Waals surface area contributed by atoms with Crippen molar-refractivity contribution in [2.45, 2.75) is 31.9 Å². The molecule has 1 saturated heterocycles. The molecule has 0 aliphatic carbocycles. The van der Waals surface area contributed by atoms with E-state index < -0.39 is 17.4 Å². The summed E-state index contributed by atoms with van der Waals surface area (Å²) >= 11 is 1.52. The summed E-state index contributed by atoms with van der Waals surface area (Å²) in [4.78, 5) is 23.9. The van der Waals surface area contributed by atoms with E-state index in [4.69, 9.17) is 9.47 Å².